The van der Waals surface area contributed by atoms with Gasteiger partial charge in [-0.25, -0.2) is 19.6 Å². The molecule has 0 saturated carbocycles. The van der Waals surface area contributed by atoms with Gasteiger partial charge in [-0.15, -0.1) is 0 Å². The summed E-state index contributed by atoms with van der Waals surface area (Å²) in [5, 5.41) is 2.30. The standard InChI is InChI=1S/C43H52N6O2.2C2H5NO2/c1-25(2)21-39(50)48-20-8-11-37(48)42-44-24-36(46-42)34-17-16-30(32-9-6-7-10-33(32)34)28-13-15-31-29(23-28)14-18-35-41(31)47-43(45-35)38-19-12-27(5)49(38)40(51)22-26(3)4;2*1-5-2(3)4/h13-18,23-27,37-38H,6-12,19-22H2,1-5H3,(H,44,46)(H,45,47);2*1H3,(H2,3,4). The lowest BCUT2D eigenvalue weighted by atomic mass is 9.82. The molecule has 4 amide bonds. The van der Waals surface area contributed by atoms with E-state index in [1.54, 1.807) is 0 Å². The molecule has 1 aliphatic carbocycles. The first-order valence-electron chi connectivity index (χ1n) is 21.6. The lowest BCUT2D eigenvalue weighted by Gasteiger charge is -2.28. The van der Waals surface area contributed by atoms with Gasteiger partial charge in [-0.2, -0.15) is 0 Å². The highest BCUT2D eigenvalue weighted by Crippen LogP contribution is 2.41. The molecule has 4 heterocycles. The second-order valence-electron chi connectivity index (χ2n) is 17.3. The van der Waals surface area contributed by atoms with Gasteiger partial charge in [0.1, 0.15) is 11.6 Å². The third-order valence-electron chi connectivity index (χ3n) is 11.9. The molecule has 5 aromatic rings. The minimum Gasteiger partial charge on any atom is -0.453 e. The van der Waals surface area contributed by atoms with Gasteiger partial charge in [-0.1, -0.05) is 58.0 Å². The van der Waals surface area contributed by atoms with Crippen LogP contribution in [-0.2, 0) is 31.9 Å². The number of aromatic nitrogens is 4. The molecule has 0 radical (unpaired) electrons. The van der Waals surface area contributed by atoms with E-state index < -0.39 is 12.2 Å². The Balaban J connectivity index is 0.000000560. The highest BCUT2D eigenvalue weighted by atomic mass is 16.5. The van der Waals surface area contributed by atoms with Crippen LogP contribution in [0.15, 0.2) is 48.7 Å². The third kappa shape index (κ3) is 10.2. The number of hydrogen-bond donors (Lipinski definition) is 4. The van der Waals surface area contributed by atoms with Gasteiger partial charge in [0.05, 0.1) is 49.2 Å². The van der Waals surface area contributed by atoms with Gasteiger partial charge in [-0.05, 0) is 110 Å². The molecule has 3 aromatic carbocycles. The Morgan fingerprint density at radius 2 is 1.41 bits per heavy atom. The summed E-state index contributed by atoms with van der Waals surface area (Å²) in [5.41, 5.74) is 18.5. The van der Waals surface area contributed by atoms with Crippen LogP contribution < -0.4 is 11.5 Å². The summed E-state index contributed by atoms with van der Waals surface area (Å²) < 4.78 is 7.78. The van der Waals surface area contributed by atoms with Crippen molar-refractivity contribution >= 4 is 45.8 Å². The van der Waals surface area contributed by atoms with Crippen molar-refractivity contribution in [2.24, 2.45) is 23.3 Å². The quantitative estimate of drug-likeness (QED) is 0.119. The summed E-state index contributed by atoms with van der Waals surface area (Å²) in [6.07, 6.45) is 10.0. The zero-order valence-corrected chi connectivity index (χ0v) is 36.7. The molecular formula is C47H62N8O6. The minimum atomic E-state index is -0.745. The monoisotopic (exact) mass is 834 g/mol. The molecular weight excluding hydrogens is 773 g/mol. The van der Waals surface area contributed by atoms with E-state index in [1.165, 1.54) is 60.3 Å². The van der Waals surface area contributed by atoms with Crippen molar-refractivity contribution in [3.8, 4) is 22.4 Å². The minimum absolute atomic E-state index is 0.00608. The van der Waals surface area contributed by atoms with E-state index >= 15 is 0 Å². The fourth-order valence-electron chi connectivity index (χ4n) is 9.12. The molecule has 61 heavy (non-hydrogen) atoms. The fourth-order valence-corrected chi connectivity index (χ4v) is 9.12. The number of nitrogens with zero attached hydrogens (tertiary/aromatic N) is 4. The summed E-state index contributed by atoms with van der Waals surface area (Å²) in [7, 11) is 2.45. The van der Waals surface area contributed by atoms with Crippen molar-refractivity contribution in [1.82, 2.24) is 29.7 Å². The number of amides is 4. The maximum atomic E-state index is 13.2. The Kier molecular flexibility index (Phi) is 14.4. The first-order chi connectivity index (χ1) is 29.2. The molecule has 2 aliphatic heterocycles. The molecule has 2 aromatic heterocycles. The molecule has 0 bridgehead atoms. The number of imidazole rings is 2. The molecule has 0 spiro atoms. The van der Waals surface area contributed by atoms with Gasteiger partial charge in [0, 0.05) is 36.4 Å². The Morgan fingerprint density at radius 1 is 0.770 bits per heavy atom. The van der Waals surface area contributed by atoms with Crippen molar-refractivity contribution in [2.45, 2.75) is 117 Å². The van der Waals surface area contributed by atoms with Crippen LogP contribution in [0.3, 0.4) is 0 Å². The number of carbonyl (C=O) groups excluding carboxylic acids is 4. The van der Waals surface area contributed by atoms with Crippen molar-refractivity contribution in [1.29, 1.82) is 0 Å². The van der Waals surface area contributed by atoms with Crippen LogP contribution in [0.1, 0.15) is 121 Å². The van der Waals surface area contributed by atoms with E-state index in [0.717, 1.165) is 78.8 Å². The number of nitrogens with two attached hydrogens (primary N) is 2. The van der Waals surface area contributed by atoms with Gasteiger partial charge in [0.25, 0.3) is 0 Å². The van der Waals surface area contributed by atoms with Crippen LogP contribution in [0.25, 0.3) is 44.2 Å². The molecule has 3 unspecified atom stereocenters. The van der Waals surface area contributed by atoms with Crippen molar-refractivity contribution in [3.63, 3.8) is 0 Å². The summed E-state index contributed by atoms with van der Waals surface area (Å²) in [6, 6.07) is 16.0. The predicted octanol–water partition coefficient (Wildman–Crippen LogP) is 8.88. The van der Waals surface area contributed by atoms with Crippen molar-refractivity contribution in [3.05, 3.63) is 71.4 Å². The average molecular weight is 835 g/mol. The number of rotatable bonds is 8. The number of methoxy groups -OCH3 is 2. The Morgan fingerprint density at radius 3 is 2.07 bits per heavy atom. The van der Waals surface area contributed by atoms with E-state index in [-0.39, 0.29) is 29.9 Å². The first kappa shape index (κ1) is 44.6. The largest absolute Gasteiger partial charge is 0.453 e. The summed E-state index contributed by atoms with van der Waals surface area (Å²) in [4.78, 5) is 66.4. The van der Waals surface area contributed by atoms with E-state index in [1.807, 2.05) is 11.1 Å². The Hall–Kier alpha value is -5.92. The van der Waals surface area contributed by atoms with Gasteiger partial charge in [0.2, 0.25) is 11.8 Å². The third-order valence-corrected chi connectivity index (χ3v) is 11.9. The van der Waals surface area contributed by atoms with Crippen LogP contribution in [-0.4, -0.2) is 80.5 Å². The topological polar surface area (TPSA) is 203 Å². The molecule has 2 fully saturated rings. The van der Waals surface area contributed by atoms with E-state index in [2.05, 4.69) is 113 Å². The first-order valence-corrected chi connectivity index (χ1v) is 21.6. The van der Waals surface area contributed by atoms with Crippen LogP contribution >= 0.6 is 0 Å². The second-order valence-corrected chi connectivity index (χ2v) is 17.3. The van der Waals surface area contributed by atoms with Crippen LogP contribution in [0.2, 0.25) is 0 Å². The lowest BCUT2D eigenvalue weighted by molar-refractivity contribution is -0.135. The molecule has 2 saturated heterocycles. The Bertz CT molecular complexity index is 2350. The van der Waals surface area contributed by atoms with Gasteiger partial charge in [0.15, 0.2) is 0 Å². The fraction of sp³-hybridized carbons (Fsp3) is 0.489. The van der Waals surface area contributed by atoms with E-state index in [0.29, 0.717) is 24.7 Å². The van der Waals surface area contributed by atoms with Gasteiger partial charge >= 0.3 is 12.2 Å². The zero-order chi connectivity index (χ0) is 44.0. The summed E-state index contributed by atoms with van der Waals surface area (Å²) >= 11 is 0. The number of ether oxygens (including phenoxy) is 2. The predicted molar refractivity (Wildman–Crippen MR) is 237 cm³/mol. The normalized spacial score (nSPS) is 18.4. The second kappa shape index (κ2) is 19.6. The molecule has 326 valence electrons. The maximum Gasteiger partial charge on any atom is 0.404 e. The number of primary amides is 2. The molecule has 6 N–H and O–H groups in total. The van der Waals surface area contributed by atoms with Crippen molar-refractivity contribution < 1.29 is 28.7 Å². The highest BCUT2D eigenvalue weighted by Gasteiger charge is 2.37. The molecule has 3 aliphatic rings. The number of carbonyl (C=O) groups is 4. The molecule has 14 heteroatoms. The molecule has 14 nitrogen and oxygen atoms in total. The van der Waals surface area contributed by atoms with Gasteiger partial charge in [-0.3, -0.25) is 9.59 Å². The van der Waals surface area contributed by atoms with Crippen LogP contribution in [0.4, 0.5) is 9.59 Å². The maximum absolute atomic E-state index is 13.2. The molecule has 3 atom stereocenters. The molecule has 8 rings (SSSR count). The average Bonchev–Trinajstić information content (AvgIpc) is 4.06. The Labute approximate surface area is 358 Å². The van der Waals surface area contributed by atoms with Crippen LogP contribution in [0.5, 0.6) is 0 Å². The number of benzene rings is 3. The lowest BCUT2D eigenvalue weighted by Crippen LogP contribution is -2.36. The number of likely N-dealkylation sites (tertiary alicyclic amines) is 2. The summed E-state index contributed by atoms with van der Waals surface area (Å²) in [5.74, 6) is 2.96. The number of nitrogens with one attached hydrogen (secondary N) is 2. The number of fused-ring (bicyclic) bond motifs is 4. The zero-order valence-electron chi connectivity index (χ0n) is 36.7. The van der Waals surface area contributed by atoms with E-state index in [9.17, 15) is 19.2 Å². The SMILES string of the molecule is CC(C)CC(=O)N1CCCC1c1ncc(-c2ccc(-c3ccc4c(ccc5[nH]c(C6CCC(C)N6C(=O)CC(C)C)nc54)c3)c3c2CCCC3)[nH]1.COC(N)=O.COC(N)=O. The number of aromatic amines is 2. The van der Waals surface area contributed by atoms with Crippen LogP contribution in [0, 0.1) is 11.8 Å². The van der Waals surface area contributed by atoms with E-state index in [4.69, 9.17) is 9.97 Å². The smallest absolute Gasteiger partial charge is 0.404 e. The highest BCUT2D eigenvalue weighted by molar-refractivity contribution is 6.05. The summed E-state index contributed by atoms with van der Waals surface area (Å²) in [6.45, 7) is 11.4. The number of H-pyrrole nitrogens is 2. The van der Waals surface area contributed by atoms with Gasteiger partial charge < -0.3 is 40.7 Å². The number of hydrogen-bond acceptors (Lipinski definition) is 8. The van der Waals surface area contributed by atoms with Crippen molar-refractivity contribution in [2.75, 3.05) is 20.8 Å².